The maximum absolute atomic E-state index is 5.80. The molecule has 3 heterocycles. The fraction of sp³-hybridized carbons (Fsp3) is 0.556. The molecule has 6 heteroatoms. The summed E-state index contributed by atoms with van der Waals surface area (Å²) in [5.41, 5.74) is 4.75. The molecule has 2 aromatic rings. The topological polar surface area (TPSA) is 53.5 Å². The van der Waals surface area contributed by atoms with Crippen LogP contribution in [0.25, 0.3) is 0 Å². The highest BCUT2D eigenvalue weighted by Gasteiger charge is 2.38. The first-order valence-corrected chi connectivity index (χ1v) is 12.6. The summed E-state index contributed by atoms with van der Waals surface area (Å²) in [7, 11) is 4.04. The summed E-state index contributed by atoms with van der Waals surface area (Å²) in [6, 6.07) is 8.79. The van der Waals surface area contributed by atoms with Crippen molar-refractivity contribution in [2.24, 2.45) is 17.8 Å². The molecule has 3 atom stereocenters. The van der Waals surface area contributed by atoms with E-state index in [1.807, 2.05) is 6.20 Å². The van der Waals surface area contributed by atoms with E-state index in [0.717, 1.165) is 35.4 Å². The number of hydrogen-bond acceptors (Lipinski definition) is 6. The molecule has 6 nitrogen and oxygen atoms in total. The molecule has 2 aliphatic heterocycles. The van der Waals surface area contributed by atoms with Crippen molar-refractivity contribution in [3.63, 3.8) is 0 Å². The number of likely N-dealkylation sites (tertiary alicyclic amines) is 1. The number of aromatic nitrogens is 2. The SMILES string of the molecule is COC1=CCc2cnc(Nc3ccc(N4CC5CN(C)CC5C4)cc3)nc2C1C1CCCC1. The third kappa shape index (κ3) is 3.99. The van der Waals surface area contributed by atoms with Crippen LogP contribution >= 0.6 is 0 Å². The third-order valence-corrected chi connectivity index (χ3v) is 8.29. The number of hydrogen-bond donors (Lipinski definition) is 1. The second kappa shape index (κ2) is 8.64. The van der Waals surface area contributed by atoms with Gasteiger partial charge in [-0.25, -0.2) is 9.97 Å². The lowest BCUT2D eigenvalue weighted by Gasteiger charge is -2.29. The van der Waals surface area contributed by atoms with Crippen LogP contribution in [0.15, 0.2) is 42.3 Å². The molecule has 174 valence electrons. The molecular weight excluding hydrogens is 410 g/mol. The first-order valence-electron chi connectivity index (χ1n) is 12.6. The lowest BCUT2D eigenvalue weighted by Crippen LogP contribution is -2.26. The smallest absolute Gasteiger partial charge is 0.227 e. The van der Waals surface area contributed by atoms with Crippen LogP contribution in [-0.2, 0) is 11.2 Å². The Hall–Kier alpha value is -2.60. The lowest BCUT2D eigenvalue weighted by molar-refractivity contribution is 0.232. The van der Waals surface area contributed by atoms with Crippen LogP contribution in [-0.4, -0.2) is 55.2 Å². The molecule has 0 radical (unpaired) electrons. The number of fused-ring (bicyclic) bond motifs is 2. The van der Waals surface area contributed by atoms with Crippen LogP contribution in [0.5, 0.6) is 0 Å². The van der Waals surface area contributed by atoms with Crippen LogP contribution in [0.4, 0.5) is 17.3 Å². The number of nitrogens with zero attached hydrogens (tertiary/aromatic N) is 4. The Balaban J connectivity index is 1.18. The minimum atomic E-state index is 0.265. The lowest BCUT2D eigenvalue weighted by atomic mass is 9.81. The Labute approximate surface area is 197 Å². The number of rotatable bonds is 5. The van der Waals surface area contributed by atoms with E-state index in [2.05, 4.69) is 57.5 Å². The molecule has 1 saturated carbocycles. The predicted octanol–water partition coefficient (Wildman–Crippen LogP) is 4.58. The van der Waals surface area contributed by atoms with Gasteiger partial charge in [0.2, 0.25) is 5.95 Å². The zero-order valence-corrected chi connectivity index (χ0v) is 19.8. The summed E-state index contributed by atoms with van der Waals surface area (Å²) in [6.07, 6.45) is 10.2. The molecular formula is C27H35N5O. The van der Waals surface area contributed by atoms with Crippen molar-refractivity contribution in [2.75, 3.05) is 50.6 Å². The van der Waals surface area contributed by atoms with Crippen molar-refractivity contribution < 1.29 is 4.74 Å². The van der Waals surface area contributed by atoms with Gasteiger partial charge in [-0.05, 0) is 80.0 Å². The largest absolute Gasteiger partial charge is 0.501 e. The molecule has 0 amide bonds. The van der Waals surface area contributed by atoms with Gasteiger partial charge in [-0.1, -0.05) is 12.8 Å². The zero-order valence-electron chi connectivity index (χ0n) is 19.8. The van der Waals surface area contributed by atoms with Crippen LogP contribution in [0.1, 0.15) is 42.9 Å². The van der Waals surface area contributed by atoms with Crippen LogP contribution in [0.3, 0.4) is 0 Å². The second-order valence-electron chi connectivity index (χ2n) is 10.5. The number of benzene rings is 1. The fourth-order valence-corrected chi connectivity index (χ4v) is 6.66. The highest BCUT2D eigenvalue weighted by atomic mass is 16.5. The van der Waals surface area contributed by atoms with Gasteiger partial charge in [0.05, 0.1) is 18.7 Å². The van der Waals surface area contributed by atoms with E-state index in [1.165, 1.54) is 63.1 Å². The summed E-state index contributed by atoms with van der Waals surface area (Å²) in [5, 5.41) is 3.45. The van der Waals surface area contributed by atoms with Crippen molar-refractivity contribution in [1.82, 2.24) is 14.9 Å². The van der Waals surface area contributed by atoms with Gasteiger partial charge in [-0.3, -0.25) is 0 Å². The van der Waals surface area contributed by atoms with Crippen molar-refractivity contribution >= 4 is 17.3 Å². The Morgan fingerprint density at radius 3 is 2.39 bits per heavy atom. The Morgan fingerprint density at radius 2 is 1.70 bits per heavy atom. The molecule has 0 spiro atoms. The van der Waals surface area contributed by atoms with Crippen molar-refractivity contribution in [3.05, 3.63) is 53.6 Å². The number of nitrogens with one attached hydrogen (secondary N) is 1. The normalized spacial score (nSPS) is 27.4. The maximum Gasteiger partial charge on any atom is 0.227 e. The fourth-order valence-electron chi connectivity index (χ4n) is 6.66. The van der Waals surface area contributed by atoms with Crippen molar-refractivity contribution in [3.8, 4) is 0 Å². The minimum absolute atomic E-state index is 0.265. The van der Waals surface area contributed by atoms with Gasteiger partial charge in [-0.2, -0.15) is 0 Å². The third-order valence-electron chi connectivity index (χ3n) is 8.29. The molecule has 6 rings (SSSR count). The zero-order chi connectivity index (χ0) is 22.4. The first-order chi connectivity index (χ1) is 16.2. The molecule has 1 N–H and O–H groups in total. The van der Waals surface area contributed by atoms with Gasteiger partial charge in [0.25, 0.3) is 0 Å². The number of ether oxygens (including phenoxy) is 1. The minimum Gasteiger partial charge on any atom is -0.501 e. The van der Waals surface area contributed by atoms with Gasteiger partial charge in [0, 0.05) is 43.8 Å². The summed E-state index contributed by atoms with van der Waals surface area (Å²) in [6.45, 7) is 4.82. The summed E-state index contributed by atoms with van der Waals surface area (Å²) < 4.78 is 5.80. The van der Waals surface area contributed by atoms with E-state index < -0.39 is 0 Å². The molecule has 1 aromatic carbocycles. The Morgan fingerprint density at radius 1 is 0.970 bits per heavy atom. The molecule has 0 bridgehead atoms. The van der Waals surface area contributed by atoms with Crippen LogP contribution in [0.2, 0.25) is 0 Å². The van der Waals surface area contributed by atoms with E-state index in [0.29, 0.717) is 11.9 Å². The molecule has 4 aliphatic rings. The predicted molar refractivity (Wildman–Crippen MR) is 132 cm³/mol. The van der Waals surface area contributed by atoms with E-state index in [4.69, 9.17) is 9.72 Å². The quantitative estimate of drug-likeness (QED) is 0.727. The highest BCUT2D eigenvalue weighted by molar-refractivity contribution is 5.60. The van der Waals surface area contributed by atoms with Gasteiger partial charge >= 0.3 is 0 Å². The summed E-state index contributed by atoms with van der Waals surface area (Å²) in [4.78, 5) is 14.7. The molecule has 1 aromatic heterocycles. The van der Waals surface area contributed by atoms with Crippen LogP contribution < -0.4 is 10.2 Å². The number of allylic oxidation sites excluding steroid dienone is 2. The van der Waals surface area contributed by atoms with Crippen molar-refractivity contribution in [2.45, 2.75) is 38.0 Å². The average Bonchev–Trinajstić information content (AvgIpc) is 3.56. The Bertz CT molecular complexity index is 1020. The highest BCUT2D eigenvalue weighted by Crippen LogP contribution is 2.44. The van der Waals surface area contributed by atoms with E-state index in [9.17, 15) is 0 Å². The van der Waals surface area contributed by atoms with Gasteiger partial charge in [-0.15, -0.1) is 0 Å². The molecule has 2 saturated heterocycles. The van der Waals surface area contributed by atoms with Crippen molar-refractivity contribution in [1.29, 1.82) is 0 Å². The average molecular weight is 446 g/mol. The number of anilines is 3. The monoisotopic (exact) mass is 445 g/mol. The molecule has 3 unspecified atom stereocenters. The van der Waals surface area contributed by atoms with E-state index >= 15 is 0 Å². The summed E-state index contributed by atoms with van der Waals surface area (Å²) >= 11 is 0. The van der Waals surface area contributed by atoms with Gasteiger partial charge in [0.15, 0.2) is 0 Å². The number of methoxy groups -OCH3 is 1. The van der Waals surface area contributed by atoms with E-state index in [1.54, 1.807) is 7.11 Å². The second-order valence-corrected chi connectivity index (χ2v) is 10.5. The van der Waals surface area contributed by atoms with Crippen LogP contribution in [0, 0.1) is 17.8 Å². The standard InChI is InChI=1S/C27H35N5O/c1-31-14-20-16-32(17-21(20)15-31)23-10-8-22(9-11-23)29-27-28-13-19-7-12-24(33-2)25(26(19)30-27)18-5-3-4-6-18/h8-13,18,20-21,25H,3-7,14-17H2,1-2H3,(H,28,29,30). The maximum atomic E-state index is 5.80. The van der Waals surface area contributed by atoms with Gasteiger partial charge in [0.1, 0.15) is 5.76 Å². The first kappa shape index (κ1) is 21.0. The van der Waals surface area contributed by atoms with Gasteiger partial charge < -0.3 is 19.9 Å². The Kier molecular flexibility index (Phi) is 5.49. The molecule has 3 fully saturated rings. The summed E-state index contributed by atoms with van der Waals surface area (Å²) in [5.74, 6) is 4.29. The molecule has 33 heavy (non-hydrogen) atoms. The van der Waals surface area contributed by atoms with E-state index in [-0.39, 0.29) is 5.92 Å². The molecule has 2 aliphatic carbocycles.